The molecule has 0 unspecified atom stereocenters. The second kappa shape index (κ2) is 9.91. The molecule has 4 rings (SSSR count). The first-order valence-corrected chi connectivity index (χ1v) is 12.4. The van der Waals surface area contributed by atoms with Gasteiger partial charge in [-0.1, -0.05) is 42.4 Å². The number of ether oxygens (including phenoxy) is 2. The third-order valence-electron chi connectivity index (χ3n) is 5.77. The number of rotatable bonds is 8. The minimum Gasteiger partial charge on any atom is -0.493 e. The number of thiazole rings is 1. The van der Waals surface area contributed by atoms with Gasteiger partial charge in [0, 0.05) is 35.0 Å². The molecule has 31 heavy (non-hydrogen) atoms. The highest BCUT2D eigenvalue weighted by molar-refractivity contribution is 7.99. The predicted octanol–water partition coefficient (Wildman–Crippen LogP) is 4.79. The Balaban J connectivity index is 1.63. The molecule has 2 heterocycles. The Morgan fingerprint density at radius 3 is 2.58 bits per heavy atom. The molecule has 1 aromatic carbocycles. The van der Waals surface area contributed by atoms with Crippen molar-refractivity contribution in [2.24, 2.45) is 0 Å². The van der Waals surface area contributed by atoms with Gasteiger partial charge in [-0.25, -0.2) is 0 Å². The van der Waals surface area contributed by atoms with Crippen molar-refractivity contribution in [1.29, 1.82) is 0 Å². The van der Waals surface area contributed by atoms with E-state index in [-0.39, 0.29) is 4.87 Å². The smallest absolute Gasteiger partial charge is 0.307 e. The summed E-state index contributed by atoms with van der Waals surface area (Å²) in [4.78, 5) is 12.1. The van der Waals surface area contributed by atoms with E-state index in [2.05, 4.69) is 14.8 Å². The summed E-state index contributed by atoms with van der Waals surface area (Å²) in [5, 5.41) is 11.9. The van der Waals surface area contributed by atoms with Crippen molar-refractivity contribution in [2.75, 3.05) is 20.0 Å². The van der Waals surface area contributed by atoms with E-state index < -0.39 is 0 Å². The van der Waals surface area contributed by atoms with E-state index in [4.69, 9.17) is 9.47 Å². The molecule has 7 nitrogen and oxygen atoms in total. The van der Waals surface area contributed by atoms with Crippen LogP contribution in [0.15, 0.2) is 33.5 Å². The molecule has 0 bridgehead atoms. The van der Waals surface area contributed by atoms with E-state index in [1.165, 1.54) is 30.6 Å². The Morgan fingerprint density at radius 2 is 1.90 bits per heavy atom. The Morgan fingerprint density at radius 1 is 1.13 bits per heavy atom. The van der Waals surface area contributed by atoms with Crippen molar-refractivity contribution < 1.29 is 9.47 Å². The van der Waals surface area contributed by atoms with Gasteiger partial charge in [0.05, 0.1) is 14.2 Å². The lowest BCUT2D eigenvalue weighted by molar-refractivity contribution is 0.339. The van der Waals surface area contributed by atoms with Gasteiger partial charge in [0.2, 0.25) is 0 Å². The van der Waals surface area contributed by atoms with Gasteiger partial charge < -0.3 is 14.0 Å². The molecule has 0 spiro atoms. The third-order valence-corrected chi connectivity index (χ3v) is 7.57. The molecule has 1 saturated carbocycles. The number of thioether (sulfide) groups is 1. The molecule has 9 heteroatoms. The summed E-state index contributed by atoms with van der Waals surface area (Å²) in [6.45, 7) is 2.64. The fraction of sp³-hybridized carbons (Fsp3) is 0.500. The molecular formula is C22H28N4O3S2. The number of aryl methyl sites for hydroxylation is 1. The van der Waals surface area contributed by atoms with Gasteiger partial charge in [0.15, 0.2) is 22.5 Å². The first kappa shape index (κ1) is 22.0. The molecule has 166 valence electrons. The minimum absolute atomic E-state index is 0.0952. The summed E-state index contributed by atoms with van der Waals surface area (Å²) < 4.78 is 15.0. The summed E-state index contributed by atoms with van der Waals surface area (Å²) in [6.07, 6.45) is 6.00. The number of nitrogens with zero attached hydrogens (tertiary/aromatic N) is 4. The van der Waals surface area contributed by atoms with Gasteiger partial charge in [-0.05, 0) is 38.0 Å². The third kappa shape index (κ3) is 4.67. The Labute approximate surface area is 190 Å². The monoisotopic (exact) mass is 460 g/mol. The van der Waals surface area contributed by atoms with Crippen molar-refractivity contribution in [3.63, 3.8) is 0 Å². The molecule has 1 fully saturated rings. The number of benzene rings is 1. The first-order chi connectivity index (χ1) is 15.1. The van der Waals surface area contributed by atoms with E-state index in [0.717, 1.165) is 40.8 Å². The van der Waals surface area contributed by atoms with E-state index in [0.29, 0.717) is 24.1 Å². The van der Waals surface area contributed by atoms with Crippen molar-refractivity contribution in [3.8, 4) is 22.9 Å². The van der Waals surface area contributed by atoms with Gasteiger partial charge >= 0.3 is 4.87 Å². The van der Waals surface area contributed by atoms with Crippen molar-refractivity contribution in [2.45, 2.75) is 56.8 Å². The normalized spacial score (nSPS) is 14.7. The zero-order chi connectivity index (χ0) is 21.8. The molecule has 0 amide bonds. The SMILES string of the molecule is COc1ccc(-c2nnc(SCCn3c(C)csc3=O)n2C2CCCCC2)cc1OC. The minimum atomic E-state index is 0.0952. The first-order valence-electron chi connectivity index (χ1n) is 10.6. The fourth-order valence-electron chi connectivity index (χ4n) is 4.12. The summed E-state index contributed by atoms with van der Waals surface area (Å²) in [5.41, 5.74) is 1.97. The topological polar surface area (TPSA) is 71.2 Å². The Hall–Kier alpha value is -2.26. The summed E-state index contributed by atoms with van der Waals surface area (Å²) in [5.74, 6) is 3.01. The van der Waals surface area contributed by atoms with Crippen molar-refractivity contribution >= 4 is 23.1 Å². The van der Waals surface area contributed by atoms with E-state index >= 15 is 0 Å². The van der Waals surface area contributed by atoms with E-state index in [1.54, 1.807) is 26.0 Å². The Kier molecular flexibility index (Phi) is 7.02. The Bertz CT molecular complexity index is 1080. The number of hydrogen-bond donors (Lipinski definition) is 0. The van der Waals surface area contributed by atoms with Crippen LogP contribution in [0.5, 0.6) is 11.5 Å². The van der Waals surface area contributed by atoms with E-state index in [9.17, 15) is 4.79 Å². The van der Waals surface area contributed by atoms with Gasteiger partial charge in [0.1, 0.15) is 0 Å². The summed E-state index contributed by atoms with van der Waals surface area (Å²) >= 11 is 2.92. The number of hydrogen-bond acceptors (Lipinski definition) is 7. The maximum absolute atomic E-state index is 12.0. The van der Waals surface area contributed by atoms with Crippen LogP contribution in [0.25, 0.3) is 11.4 Å². The lowest BCUT2D eigenvalue weighted by Crippen LogP contribution is -2.17. The molecule has 2 aromatic heterocycles. The maximum Gasteiger partial charge on any atom is 0.307 e. The lowest BCUT2D eigenvalue weighted by Gasteiger charge is -2.25. The van der Waals surface area contributed by atoms with Crippen LogP contribution >= 0.6 is 23.1 Å². The highest BCUT2D eigenvalue weighted by atomic mass is 32.2. The molecule has 1 aliphatic carbocycles. The van der Waals surface area contributed by atoms with Crippen LogP contribution in [0, 0.1) is 6.92 Å². The number of aromatic nitrogens is 4. The summed E-state index contributed by atoms with van der Waals surface area (Å²) in [6, 6.07) is 6.27. The van der Waals surface area contributed by atoms with Gasteiger partial charge in [-0.3, -0.25) is 9.36 Å². The second-order valence-corrected chi connectivity index (χ2v) is 9.56. The molecule has 0 radical (unpaired) electrons. The number of methoxy groups -OCH3 is 2. The molecule has 0 N–H and O–H groups in total. The maximum atomic E-state index is 12.0. The van der Waals surface area contributed by atoms with Crippen LogP contribution in [0.1, 0.15) is 43.8 Å². The second-order valence-electron chi connectivity index (χ2n) is 7.68. The quantitative estimate of drug-likeness (QED) is 0.450. The van der Waals surface area contributed by atoms with Crippen LogP contribution in [0.4, 0.5) is 0 Å². The summed E-state index contributed by atoms with van der Waals surface area (Å²) in [7, 11) is 3.28. The van der Waals surface area contributed by atoms with Crippen LogP contribution in [-0.4, -0.2) is 39.3 Å². The van der Waals surface area contributed by atoms with Gasteiger partial charge in [0.25, 0.3) is 0 Å². The molecular weight excluding hydrogens is 432 g/mol. The van der Waals surface area contributed by atoms with Gasteiger partial charge in [-0.15, -0.1) is 10.2 Å². The average molecular weight is 461 g/mol. The zero-order valence-electron chi connectivity index (χ0n) is 18.2. The standard InChI is InChI=1S/C22H28N4O3S2/c1-15-14-31-22(27)25(15)11-12-30-21-24-23-20(26(21)17-7-5-4-6-8-17)16-9-10-18(28-2)19(13-16)29-3/h9-10,13-14,17H,4-8,11-12H2,1-3H3. The lowest BCUT2D eigenvalue weighted by atomic mass is 9.95. The largest absolute Gasteiger partial charge is 0.493 e. The molecule has 0 aliphatic heterocycles. The van der Waals surface area contributed by atoms with E-state index in [1.807, 2.05) is 35.1 Å². The van der Waals surface area contributed by atoms with Crippen LogP contribution in [0.2, 0.25) is 0 Å². The zero-order valence-corrected chi connectivity index (χ0v) is 19.8. The molecule has 3 aromatic rings. The fourth-order valence-corrected chi connectivity index (χ4v) is 5.81. The predicted molar refractivity (Wildman–Crippen MR) is 125 cm³/mol. The molecule has 1 aliphatic rings. The highest BCUT2D eigenvalue weighted by Gasteiger charge is 2.24. The van der Waals surface area contributed by atoms with Crippen molar-refractivity contribution in [3.05, 3.63) is 38.9 Å². The average Bonchev–Trinajstić information content (AvgIpc) is 3.37. The molecule has 0 atom stereocenters. The van der Waals surface area contributed by atoms with Crippen LogP contribution in [-0.2, 0) is 6.54 Å². The highest BCUT2D eigenvalue weighted by Crippen LogP contribution is 2.38. The van der Waals surface area contributed by atoms with Crippen LogP contribution < -0.4 is 14.3 Å². The van der Waals surface area contributed by atoms with Gasteiger partial charge in [-0.2, -0.15) is 0 Å². The van der Waals surface area contributed by atoms with Crippen LogP contribution in [0.3, 0.4) is 0 Å². The molecule has 0 saturated heterocycles. The van der Waals surface area contributed by atoms with Crippen molar-refractivity contribution in [1.82, 2.24) is 19.3 Å².